The number of halogens is 2. The maximum Gasteiger partial charge on any atom is 0.128 e. The number of nitrogens with zero attached hydrogens (tertiary/aromatic N) is 2. The quantitative estimate of drug-likeness (QED) is 0.942. The molecule has 5 heteroatoms. The van der Waals surface area contributed by atoms with E-state index in [2.05, 4.69) is 21.0 Å². The van der Waals surface area contributed by atoms with Gasteiger partial charge >= 0.3 is 0 Å². The lowest BCUT2D eigenvalue weighted by molar-refractivity contribution is 0.584. The number of rotatable bonds is 4. The van der Waals surface area contributed by atoms with E-state index in [-0.39, 0.29) is 11.9 Å². The van der Waals surface area contributed by atoms with Gasteiger partial charge in [0, 0.05) is 27.8 Å². The molecule has 18 heavy (non-hydrogen) atoms. The maximum atomic E-state index is 13.6. The van der Waals surface area contributed by atoms with Crippen molar-refractivity contribution in [2.75, 3.05) is 0 Å². The molecule has 2 N–H and O–H groups in total. The van der Waals surface area contributed by atoms with Crippen LogP contribution in [0.3, 0.4) is 0 Å². The predicted octanol–water partition coefficient (Wildman–Crippen LogP) is 3.24. The van der Waals surface area contributed by atoms with Crippen molar-refractivity contribution in [2.45, 2.75) is 25.9 Å². The fourth-order valence-electron chi connectivity index (χ4n) is 1.73. The Morgan fingerprint density at radius 2 is 2.28 bits per heavy atom. The van der Waals surface area contributed by atoms with E-state index in [1.54, 1.807) is 23.0 Å². The van der Waals surface area contributed by atoms with Crippen LogP contribution < -0.4 is 5.73 Å². The van der Waals surface area contributed by atoms with Gasteiger partial charge in [0.1, 0.15) is 5.82 Å². The Morgan fingerprint density at radius 1 is 1.50 bits per heavy atom. The Morgan fingerprint density at radius 3 is 3.00 bits per heavy atom. The van der Waals surface area contributed by atoms with E-state index in [0.717, 1.165) is 16.5 Å². The third-order valence-electron chi connectivity index (χ3n) is 2.86. The first-order valence-corrected chi connectivity index (χ1v) is 6.61. The van der Waals surface area contributed by atoms with Crippen molar-refractivity contribution in [3.63, 3.8) is 0 Å². The standard InChI is InChI=1S/C13H15BrFN3/c1-2-13(16)10-6-17-18(8-10)7-9-5-11(14)3-4-12(9)15/h3-6,8,13H,2,7,16H2,1H3. The molecule has 0 aliphatic rings. The van der Waals surface area contributed by atoms with Crippen LogP contribution >= 0.6 is 15.9 Å². The summed E-state index contributed by atoms with van der Waals surface area (Å²) in [6, 6.07) is 4.88. The fourth-order valence-corrected chi connectivity index (χ4v) is 2.14. The zero-order chi connectivity index (χ0) is 13.1. The molecule has 3 nitrogen and oxygen atoms in total. The molecule has 1 atom stereocenters. The van der Waals surface area contributed by atoms with Gasteiger partial charge in [0.15, 0.2) is 0 Å². The van der Waals surface area contributed by atoms with E-state index in [1.807, 2.05) is 13.1 Å². The lowest BCUT2D eigenvalue weighted by Gasteiger charge is -2.05. The molecule has 0 radical (unpaired) electrons. The first-order chi connectivity index (χ1) is 8.60. The van der Waals surface area contributed by atoms with Gasteiger partial charge in [-0.1, -0.05) is 22.9 Å². The van der Waals surface area contributed by atoms with Gasteiger partial charge in [0.05, 0.1) is 12.7 Å². The van der Waals surface area contributed by atoms with E-state index in [9.17, 15) is 4.39 Å². The number of benzene rings is 1. The molecule has 0 spiro atoms. The molecule has 0 aliphatic heterocycles. The van der Waals surface area contributed by atoms with E-state index in [0.29, 0.717) is 12.1 Å². The zero-order valence-electron chi connectivity index (χ0n) is 10.1. The first kappa shape index (κ1) is 13.2. The van der Waals surface area contributed by atoms with E-state index in [1.165, 1.54) is 6.07 Å². The highest BCUT2D eigenvalue weighted by Gasteiger charge is 2.08. The van der Waals surface area contributed by atoms with Gasteiger partial charge in [0.25, 0.3) is 0 Å². The largest absolute Gasteiger partial charge is 0.324 e. The van der Waals surface area contributed by atoms with Crippen molar-refractivity contribution in [1.82, 2.24) is 9.78 Å². The number of aromatic nitrogens is 2. The first-order valence-electron chi connectivity index (χ1n) is 5.82. The Bertz CT molecular complexity index is 539. The van der Waals surface area contributed by atoms with Gasteiger partial charge in [0.2, 0.25) is 0 Å². The van der Waals surface area contributed by atoms with Crippen LogP contribution in [0.15, 0.2) is 35.1 Å². The van der Waals surface area contributed by atoms with Crippen LogP contribution in [0.4, 0.5) is 4.39 Å². The summed E-state index contributed by atoms with van der Waals surface area (Å²) in [6.45, 7) is 2.43. The van der Waals surface area contributed by atoms with Crippen molar-refractivity contribution in [2.24, 2.45) is 5.73 Å². The summed E-state index contributed by atoms with van der Waals surface area (Å²) in [5.41, 5.74) is 7.50. The predicted molar refractivity (Wildman–Crippen MR) is 72.6 cm³/mol. The summed E-state index contributed by atoms with van der Waals surface area (Å²) >= 11 is 3.33. The highest BCUT2D eigenvalue weighted by Crippen LogP contribution is 2.17. The minimum atomic E-state index is -0.227. The molecule has 0 saturated carbocycles. The second kappa shape index (κ2) is 5.63. The third kappa shape index (κ3) is 2.97. The molecule has 1 aromatic heterocycles. The molecular formula is C13H15BrFN3. The Hall–Kier alpha value is -1.20. The van der Waals surface area contributed by atoms with Crippen molar-refractivity contribution < 1.29 is 4.39 Å². The van der Waals surface area contributed by atoms with Crippen LogP contribution in [0.5, 0.6) is 0 Å². The fraction of sp³-hybridized carbons (Fsp3) is 0.308. The Labute approximate surface area is 114 Å². The van der Waals surface area contributed by atoms with E-state index >= 15 is 0 Å². The second-order valence-corrected chi connectivity index (χ2v) is 5.14. The molecule has 0 saturated heterocycles. The molecule has 0 amide bonds. The molecule has 2 rings (SSSR count). The van der Waals surface area contributed by atoms with Crippen LogP contribution in [0.25, 0.3) is 0 Å². The van der Waals surface area contributed by atoms with Gasteiger partial charge < -0.3 is 5.73 Å². The average molecular weight is 312 g/mol. The summed E-state index contributed by atoms with van der Waals surface area (Å²) in [5, 5.41) is 4.21. The van der Waals surface area contributed by atoms with Gasteiger partial charge in [-0.25, -0.2) is 4.39 Å². The SMILES string of the molecule is CCC(N)c1cnn(Cc2cc(Br)ccc2F)c1. The van der Waals surface area contributed by atoms with Crippen molar-refractivity contribution in [1.29, 1.82) is 0 Å². The summed E-state index contributed by atoms with van der Waals surface area (Å²) in [5.74, 6) is -0.227. The van der Waals surface area contributed by atoms with Crippen LogP contribution in [0.2, 0.25) is 0 Å². The smallest absolute Gasteiger partial charge is 0.128 e. The summed E-state index contributed by atoms with van der Waals surface area (Å²) in [7, 11) is 0. The molecule has 0 aliphatic carbocycles. The highest BCUT2D eigenvalue weighted by molar-refractivity contribution is 9.10. The average Bonchev–Trinajstić information content (AvgIpc) is 2.81. The summed E-state index contributed by atoms with van der Waals surface area (Å²) in [6.07, 6.45) is 4.47. The molecular weight excluding hydrogens is 297 g/mol. The van der Waals surface area contributed by atoms with Crippen molar-refractivity contribution >= 4 is 15.9 Å². The molecule has 96 valence electrons. The number of hydrogen-bond donors (Lipinski definition) is 1. The zero-order valence-corrected chi connectivity index (χ0v) is 11.7. The molecule has 1 aromatic carbocycles. The van der Waals surface area contributed by atoms with E-state index < -0.39 is 0 Å². The topological polar surface area (TPSA) is 43.8 Å². The van der Waals surface area contributed by atoms with Crippen LogP contribution in [0.1, 0.15) is 30.5 Å². The third-order valence-corrected chi connectivity index (χ3v) is 3.35. The van der Waals surface area contributed by atoms with Gasteiger partial charge in [-0.3, -0.25) is 4.68 Å². The van der Waals surface area contributed by atoms with Crippen molar-refractivity contribution in [3.05, 3.63) is 52.0 Å². The van der Waals surface area contributed by atoms with Crippen molar-refractivity contribution in [3.8, 4) is 0 Å². The van der Waals surface area contributed by atoms with Crippen LogP contribution in [-0.4, -0.2) is 9.78 Å². The molecule has 1 heterocycles. The summed E-state index contributed by atoms with van der Waals surface area (Å²) < 4.78 is 16.2. The molecule has 0 fully saturated rings. The highest BCUT2D eigenvalue weighted by atomic mass is 79.9. The monoisotopic (exact) mass is 311 g/mol. The molecule has 1 unspecified atom stereocenters. The van der Waals surface area contributed by atoms with Gasteiger partial charge in [-0.15, -0.1) is 0 Å². The lowest BCUT2D eigenvalue weighted by Crippen LogP contribution is -2.07. The normalized spacial score (nSPS) is 12.7. The molecule has 2 aromatic rings. The number of nitrogens with two attached hydrogens (primary N) is 1. The van der Waals surface area contributed by atoms with Crippen LogP contribution in [0, 0.1) is 5.82 Å². The Balaban J connectivity index is 2.18. The minimum absolute atomic E-state index is 0.00823. The van der Waals surface area contributed by atoms with Gasteiger partial charge in [-0.2, -0.15) is 5.10 Å². The van der Waals surface area contributed by atoms with Crippen LogP contribution in [-0.2, 0) is 6.54 Å². The maximum absolute atomic E-state index is 13.6. The van der Waals surface area contributed by atoms with Gasteiger partial charge in [-0.05, 0) is 24.6 Å². The lowest BCUT2D eigenvalue weighted by atomic mass is 10.1. The summed E-state index contributed by atoms with van der Waals surface area (Å²) in [4.78, 5) is 0. The minimum Gasteiger partial charge on any atom is -0.324 e. The number of hydrogen-bond acceptors (Lipinski definition) is 2. The van der Waals surface area contributed by atoms with E-state index in [4.69, 9.17) is 5.73 Å². The molecule has 0 bridgehead atoms. The second-order valence-electron chi connectivity index (χ2n) is 4.22. The Kier molecular flexibility index (Phi) is 4.14.